The van der Waals surface area contributed by atoms with Crippen molar-refractivity contribution >= 4 is 11.5 Å². The molecular weight excluding hydrogens is 318 g/mol. The second-order valence-corrected chi connectivity index (χ2v) is 6.23. The first-order valence-electron chi connectivity index (χ1n) is 8.42. The van der Waals surface area contributed by atoms with Crippen LogP contribution in [0.25, 0.3) is 5.65 Å². The van der Waals surface area contributed by atoms with Crippen molar-refractivity contribution in [2.24, 2.45) is 0 Å². The van der Waals surface area contributed by atoms with E-state index in [4.69, 9.17) is 14.6 Å². The predicted octanol–water partition coefficient (Wildman–Crippen LogP) is 2.62. The lowest BCUT2D eigenvalue weighted by molar-refractivity contribution is 0.103. The highest BCUT2D eigenvalue weighted by molar-refractivity contribution is 5.46. The molecule has 1 aromatic carbocycles. The van der Waals surface area contributed by atoms with E-state index in [-0.39, 0.29) is 6.10 Å². The summed E-state index contributed by atoms with van der Waals surface area (Å²) < 4.78 is 12.8. The van der Waals surface area contributed by atoms with Gasteiger partial charge in [0.25, 0.3) is 0 Å². The molecule has 7 heteroatoms. The van der Waals surface area contributed by atoms with Gasteiger partial charge in [-0.3, -0.25) is 0 Å². The molecule has 25 heavy (non-hydrogen) atoms. The Morgan fingerprint density at radius 2 is 2.20 bits per heavy atom. The maximum absolute atomic E-state index is 5.74. The lowest BCUT2D eigenvalue weighted by Crippen LogP contribution is -2.19. The van der Waals surface area contributed by atoms with Crippen LogP contribution in [-0.4, -0.2) is 40.6 Å². The van der Waals surface area contributed by atoms with E-state index in [0.29, 0.717) is 0 Å². The molecule has 3 aromatic rings. The molecule has 2 aromatic heterocycles. The van der Waals surface area contributed by atoms with Gasteiger partial charge in [0.15, 0.2) is 11.5 Å². The van der Waals surface area contributed by atoms with Crippen molar-refractivity contribution in [2.45, 2.75) is 25.5 Å². The Bertz CT molecular complexity index is 873. The Morgan fingerprint density at radius 1 is 1.28 bits per heavy atom. The first-order chi connectivity index (χ1) is 12.2. The summed E-state index contributed by atoms with van der Waals surface area (Å²) in [7, 11) is 3.70. The largest absolute Gasteiger partial charge is 0.497 e. The smallest absolute Gasteiger partial charge is 0.183 e. The van der Waals surface area contributed by atoms with E-state index in [1.807, 2.05) is 37.4 Å². The summed E-state index contributed by atoms with van der Waals surface area (Å²) in [5.74, 6) is 2.49. The summed E-state index contributed by atoms with van der Waals surface area (Å²) in [6.07, 6.45) is 2.00. The van der Waals surface area contributed by atoms with Crippen LogP contribution in [0.2, 0.25) is 0 Å². The Hall–Kier alpha value is -2.67. The van der Waals surface area contributed by atoms with Crippen LogP contribution in [0.15, 0.2) is 36.4 Å². The number of fused-ring (bicyclic) bond motifs is 1. The molecule has 0 N–H and O–H groups in total. The van der Waals surface area contributed by atoms with Gasteiger partial charge in [-0.05, 0) is 42.7 Å². The van der Waals surface area contributed by atoms with Crippen molar-refractivity contribution in [3.8, 4) is 5.75 Å². The Balaban J connectivity index is 1.60. The summed E-state index contributed by atoms with van der Waals surface area (Å²) in [5, 5.41) is 13.2. The van der Waals surface area contributed by atoms with Crippen molar-refractivity contribution in [1.29, 1.82) is 0 Å². The summed E-state index contributed by atoms with van der Waals surface area (Å²) in [4.78, 5) is 2.09. The van der Waals surface area contributed by atoms with Gasteiger partial charge in [0.05, 0.1) is 7.11 Å². The molecule has 4 rings (SSSR count). The quantitative estimate of drug-likeness (QED) is 0.712. The molecule has 1 aliphatic rings. The van der Waals surface area contributed by atoms with E-state index < -0.39 is 0 Å². The van der Waals surface area contributed by atoms with Crippen LogP contribution in [0.1, 0.15) is 30.3 Å². The van der Waals surface area contributed by atoms with E-state index in [1.54, 1.807) is 11.6 Å². The standard InChI is InChI=1S/C18H21N5O2/c1-22(12-13-5-3-6-14(11-13)24-2)17-9-8-16-19-20-18(23(16)21-17)15-7-4-10-25-15/h3,5-6,8-9,11,15H,4,7,10,12H2,1-2H3. The fourth-order valence-electron chi connectivity index (χ4n) is 3.11. The van der Waals surface area contributed by atoms with E-state index in [0.717, 1.165) is 54.6 Å². The zero-order valence-electron chi connectivity index (χ0n) is 14.4. The number of rotatable bonds is 5. The Morgan fingerprint density at radius 3 is 3.00 bits per heavy atom. The van der Waals surface area contributed by atoms with Gasteiger partial charge in [0.1, 0.15) is 17.7 Å². The second kappa shape index (κ2) is 6.68. The fraction of sp³-hybridized carbons (Fsp3) is 0.389. The highest BCUT2D eigenvalue weighted by Crippen LogP contribution is 2.27. The summed E-state index contributed by atoms with van der Waals surface area (Å²) in [6, 6.07) is 12.0. The molecular formula is C18H21N5O2. The highest BCUT2D eigenvalue weighted by atomic mass is 16.5. The van der Waals surface area contributed by atoms with Gasteiger partial charge >= 0.3 is 0 Å². The lowest BCUT2D eigenvalue weighted by atomic mass is 10.2. The molecule has 1 fully saturated rings. The van der Waals surface area contributed by atoms with E-state index in [9.17, 15) is 0 Å². The first-order valence-corrected chi connectivity index (χ1v) is 8.42. The van der Waals surface area contributed by atoms with Crippen molar-refractivity contribution in [3.63, 3.8) is 0 Å². The zero-order valence-corrected chi connectivity index (χ0v) is 14.4. The molecule has 0 spiro atoms. The maximum atomic E-state index is 5.74. The molecule has 130 valence electrons. The Labute approximate surface area is 146 Å². The van der Waals surface area contributed by atoms with Crippen molar-refractivity contribution < 1.29 is 9.47 Å². The molecule has 1 unspecified atom stereocenters. The van der Waals surface area contributed by atoms with Crippen LogP contribution >= 0.6 is 0 Å². The topological polar surface area (TPSA) is 64.8 Å². The van der Waals surface area contributed by atoms with Gasteiger partial charge in [-0.25, -0.2) is 0 Å². The number of methoxy groups -OCH3 is 1. The number of anilines is 1. The average molecular weight is 339 g/mol. The minimum atomic E-state index is -0.0126. The van der Waals surface area contributed by atoms with Crippen LogP contribution in [0.5, 0.6) is 5.75 Å². The third kappa shape index (κ3) is 3.15. The van der Waals surface area contributed by atoms with Crippen molar-refractivity contribution in [1.82, 2.24) is 19.8 Å². The van der Waals surface area contributed by atoms with Crippen LogP contribution in [0, 0.1) is 0 Å². The maximum Gasteiger partial charge on any atom is 0.183 e. The van der Waals surface area contributed by atoms with Crippen molar-refractivity contribution in [3.05, 3.63) is 47.8 Å². The molecule has 0 saturated carbocycles. The highest BCUT2D eigenvalue weighted by Gasteiger charge is 2.24. The van der Waals surface area contributed by atoms with E-state index in [1.165, 1.54) is 0 Å². The second-order valence-electron chi connectivity index (χ2n) is 6.23. The molecule has 0 aliphatic carbocycles. The minimum absolute atomic E-state index is 0.0126. The van der Waals surface area contributed by atoms with E-state index in [2.05, 4.69) is 21.2 Å². The number of nitrogens with zero attached hydrogens (tertiary/aromatic N) is 5. The molecule has 0 bridgehead atoms. The third-order valence-electron chi connectivity index (χ3n) is 4.44. The SMILES string of the molecule is COc1cccc(CN(C)c2ccc3nnc(C4CCCO4)n3n2)c1. The average Bonchev–Trinajstić information content (AvgIpc) is 3.30. The third-order valence-corrected chi connectivity index (χ3v) is 4.44. The van der Waals surface area contributed by atoms with Gasteiger partial charge < -0.3 is 14.4 Å². The molecule has 1 aliphatic heterocycles. The van der Waals surface area contributed by atoms with Gasteiger partial charge in [-0.15, -0.1) is 15.3 Å². The lowest BCUT2D eigenvalue weighted by Gasteiger charge is -2.18. The van der Waals surface area contributed by atoms with Crippen LogP contribution in [0.3, 0.4) is 0 Å². The van der Waals surface area contributed by atoms with E-state index >= 15 is 0 Å². The van der Waals surface area contributed by atoms with Crippen molar-refractivity contribution in [2.75, 3.05) is 25.7 Å². The minimum Gasteiger partial charge on any atom is -0.497 e. The number of benzene rings is 1. The molecule has 3 heterocycles. The number of ether oxygens (including phenoxy) is 2. The van der Waals surface area contributed by atoms with Gasteiger partial charge in [0, 0.05) is 20.2 Å². The number of hydrogen-bond acceptors (Lipinski definition) is 6. The molecule has 0 amide bonds. The summed E-state index contributed by atoms with van der Waals surface area (Å²) in [5.41, 5.74) is 1.90. The van der Waals surface area contributed by atoms with Crippen LogP contribution < -0.4 is 9.64 Å². The van der Waals surface area contributed by atoms with Gasteiger partial charge in [0.2, 0.25) is 0 Å². The summed E-state index contributed by atoms with van der Waals surface area (Å²) >= 11 is 0. The van der Waals surface area contributed by atoms with Gasteiger partial charge in [-0.1, -0.05) is 12.1 Å². The molecule has 1 atom stereocenters. The molecule has 0 radical (unpaired) electrons. The molecule has 7 nitrogen and oxygen atoms in total. The Kier molecular flexibility index (Phi) is 4.23. The van der Waals surface area contributed by atoms with Gasteiger partial charge in [-0.2, -0.15) is 4.52 Å². The first kappa shape index (κ1) is 15.8. The normalized spacial score (nSPS) is 17.1. The fourth-order valence-corrected chi connectivity index (χ4v) is 3.11. The number of hydrogen-bond donors (Lipinski definition) is 0. The number of aromatic nitrogens is 4. The van der Waals surface area contributed by atoms with Crippen LogP contribution in [-0.2, 0) is 11.3 Å². The zero-order chi connectivity index (χ0) is 17.2. The summed E-state index contributed by atoms with van der Waals surface area (Å²) in [6.45, 7) is 1.50. The predicted molar refractivity (Wildman–Crippen MR) is 93.8 cm³/mol. The van der Waals surface area contributed by atoms with Crippen LogP contribution in [0.4, 0.5) is 5.82 Å². The molecule has 1 saturated heterocycles. The monoisotopic (exact) mass is 339 g/mol.